The highest BCUT2D eigenvalue weighted by molar-refractivity contribution is 6.08. The Kier molecular flexibility index (Phi) is 5.73. The van der Waals surface area contributed by atoms with Gasteiger partial charge < -0.3 is 10.6 Å². The fourth-order valence-electron chi connectivity index (χ4n) is 2.46. The third-order valence-electron chi connectivity index (χ3n) is 3.98. The predicted molar refractivity (Wildman–Crippen MR) is 103 cm³/mol. The Morgan fingerprint density at radius 3 is 2.07 bits per heavy atom. The standard InChI is InChI=1S/C21H15F2N3O3/c1-12(27)13-2-4-15(5-3-13)25-20(28)14-8-9-24-19(10-14)21(29)26-16-6-7-17(22)18(23)11-16/h2-11H,1H3,(H,25,28)(H,26,29). The summed E-state index contributed by atoms with van der Waals surface area (Å²) in [6, 6.07) is 12.0. The van der Waals surface area contributed by atoms with E-state index >= 15 is 0 Å². The van der Waals surface area contributed by atoms with E-state index in [1.54, 1.807) is 24.3 Å². The molecule has 2 aromatic carbocycles. The molecule has 3 rings (SSSR count). The minimum absolute atomic E-state index is 0.0520. The number of hydrogen-bond donors (Lipinski definition) is 2. The van der Waals surface area contributed by atoms with Gasteiger partial charge in [-0.25, -0.2) is 8.78 Å². The maximum absolute atomic E-state index is 13.3. The number of carbonyl (C=O) groups excluding carboxylic acids is 3. The summed E-state index contributed by atoms with van der Waals surface area (Å²) in [6.45, 7) is 1.44. The summed E-state index contributed by atoms with van der Waals surface area (Å²) in [7, 11) is 0. The van der Waals surface area contributed by atoms with Crippen LogP contribution in [0.15, 0.2) is 60.8 Å². The molecule has 29 heavy (non-hydrogen) atoms. The van der Waals surface area contributed by atoms with E-state index in [1.807, 2.05) is 0 Å². The molecule has 3 aromatic rings. The highest BCUT2D eigenvalue weighted by Crippen LogP contribution is 2.15. The van der Waals surface area contributed by atoms with Crippen LogP contribution < -0.4 is 10.6 Å². The fraction of sp³-hybridized carbons (Fsp3) is 0.0476. The van der Waals surface area contributed by atoms with Gasteiger partial charge in [0.2, 0.25) is 0 Å². The van der Waals surface area contributed by atoms with Gasteiger partial charge in [-0.15, -0.1) is 0 Å². The smallest absolute Gasteiger partial charge is 0.274 e. The quantitative estimate of drug-likeness (QED) is 0.638. The number of aromatic nitrogens is 1. The van der Waals surface area contributed by atoms with Gasteiger partial charge in [0.15, 0.2) is 17.4 Å². The maximum atomic E-state index is 13.3. The number of carbonyl (C=O) groups is 3. The van der Waals surface area contributed by atoms with E-state index in [0.717, 1.165) is 12.1 Å². The van der Waals surface area contributed by atoms with Crippen molar-refractivity contribution in [3.8, 4) is 0 Å². The van der Waals surface area contributed by atoms with Gasteiger partial charge in [-0.3, -0.25) is 19.4 Å². The van der Waals surface area contributed by atoms with Crippen LogP contribution in [0.3, 0.4) is 0 Å². The summed E-state index contributed by atoms with van der Waals surface area (Å²) in [6.07, 6.45) is 1.29. The van der Waals surface area contributed by atoms with Crippen molar-refractivity contribution in [1.82, 2.24) is 4.98 Å². The van der Waals surface area contributed by atoms with Crippen molar-refractivity contribution >= 4 is 29.0 Å². The number of nitrogens with zero attached hydrogens (tertiary/aromatic N) is 1. The zero-order chi connectivity index (χ0) is 21.0. The Hall–Kier alpha value is -3.94. The number of hydrogen-bond acceptors (Lipinski definition) is 4. The van der Waals surface area contributed by atoms with Crippen LogP contribution in [0.4, 0.5) is 20.2 Å². The number of halogens is 2. The molecule has 2 N–H and O–H groups in total. The van der Waals surface area contributed by atoms with Crippen molar-refractivity contribution in [2.45, 2.75) is 6.92 Å². The summed E-state index contributed by atoms with van der Waals surface area (Å²) in [5.74, 6) is -3.38. The van der Waals surface area contributed by atoms with Gasteiger partial charge in [-0.05, 0) is 55.5 Å². The Balaban J connectivity index is 1.72. The van der Waals surface area contributed by atoms with Crippen molar-refractivity contribution in [2.75, 3.05) is 10.6 Å². The molecule has 1 aromatic heterocycles. The molecule has 2 amide bonds. The molecule has 0 saturated carbocycles. The zero-order valence-corrected chi connectivity index (χ0v) is 15.2. The van der Waals surface area contributed by atoms with Crippen LogP contribution in [0.1, 0.15) is 38.1 Å². The van der Waals surface area contributed by atoms with Crippen LogP contribution in [-0.2, 0) is 0 Å². The summed E-state index contributed by atoms with van der Waals surface area (Å²) < 4.78 is 26.2. The minimum atomic E-state index is -1.10. The van der Waals surface area contributed by atoms with Crippen molar-refractivity contribution in [3.63, 3.8) is 0 Å². The zero-order valence-electron chi connectivity index (χ0n) is 15.2. The van der Waals surface area contributed by atoms with Crippen molar-refractivity contribution < 1.29 is 23.2 Å². The summed E-state index contributed by atoms with van der Waals surface area (Å²) in [5.41, 5.74) is 1.14. The van der Waals surface area contributed by atoms with Gasteiger partial charge in [0.25, 0.3) is 11.8 Å². The molecule has 0 fully saturated rings. The molecule has 0 unspecified atom stereocenters. The predicted octanol–water partition coefficient (Wildman–Crippen LogP) is 4.07. The van der Waals surface area contributed by atoms with Crippen LogP contribution in [-0.4, -0.2) is 22.6 Å². The van der Waals surface area contributed by atoms with E-state index in [-0.39, 0.29) is 22.7 Å². The molecule has 1 heterocycles. The Bertz CT molecular complexity index is 1100. The first kappa shape index (κ1) is 19.8. The largest absolute Gasteiger partial charge is 0.322 e. The Morgan fingerprint density at radius 1 is 0.759 bits per heavy atom. The molecule has 8 heteroatoms. The lowest BCUT2D eigenvalue weighted by Gasteiger charge is -2.08. The van der Waals surface area contributed by atoms with Gasteiger partial charge in [0.05, 0.1) is 0 Å². The second kappa shape index (κ2) is 8.39. The normalized spacial score (nSPS) is 10.3. The molecule has 0 radical (unpaired) electrons. The fourth-order valence-corrected chi connectivity index (χ4v) is 2.46. The number of nitrogens with one attached hydrogen (secondary N) is 2. The molecular formula is C21H15F2N3O3. The maximum Gasteiger partial charge on any atom is 0.274 e. The monoisotopic (exact) mass is 395 g/mol. The second-order valence-electron chi connectivity index (χ2n) is 6.10. The summed E-state index contributed by atoms with van der Waals surface area (Å²) in [4.78, 5) is 39.9. The van der Waals surface area contributed by atoms with Crippen molar-refractivity contribution in [2.24, 2.45) is 0 Å². The van der Waals surface area contributed by atoms with Crippen LogP contribution in [0, 0.1) is 11.6 Å². The molecule has 0 bridgehead atoms. The van der Waals surface area contributed by atoms with E-state index in [4.69, 9.17) is 0 Å². The third kappa shape index (κ3) is 4.86. The van der Waals surface area contributed by atoms with Crippen molar-refractivity contribution in [1.29, 1.82) is 0 Å². The molecular weight excluding hydrogens is 380 g/mol. The lowest BCUT2D eigenvalue weighted by Crippen LogP contribution is -2.17. The highest BCUT2D eigenvalue weighted by Gasteiger charge is 2.13. The van der Waals surface area contributed by atoms with Gasteiger partial charge in [-0.2, -0.15) is 0 Å². The van der Waals surface area contributed by atoms with E-state index in [9.17, 15) is 23.2 Å². The van der Waals surface area contributed by atoms with Crippen molar-refractivity contribution in [3.05, 3.63) is 89.2 Å². The number of Topliss-reactive ketones (excluding diaryl/α,β-unsaturated/α-hetero) is 1. The summed E-state index contributed by atoms with van der Waals surface area (Å²) >= 11 is 0. The highest BCUT2D eigenvalue weighted by atomic mass is 19.2. The molecule has 0 aliphatic heterocycles. The van der Waals surface area contributed by atoms with Crippen LogP contribution in [0.2, 0.25) is 0 Å². The van der Waals surface area contributed by atoms with Gasteiger partial charge in [0.1, 0.15) is 5.69 Å². The molecule has 0 aliphatic carbocycles. The molecule has 0 saturated heterocycles. The second-order valence-corrected chi connectivity index (χ2v) is 6.10. The van der Waals surface area contributed by atoms with E-state index in [0.29, 0.717) is 11.3 Å². The lowest BCUT2D eigenvalue weighted by atomic mass is 10.1. The Labute approximate surface area is 164 Å². The number of pyridine rings is 1. The minimum Gasteiger partial charge on any atom is -0.322 e. The average molecular weight is 395 g/mol. The average Bonchev–Trinajstić information content (AvgIpc) is 2.71. The number of rotatable bonds is 5. The molecule has 146 valence electrons. The molecule has 0 spiro atoms. The number of benzene rings is 2. The first-order chi connectivity index (χ1) is 13.8. The van der Waals surface area contributed by atoms with Gasteiger partial charge >= 0.3 is 0 Å². The van der Waals surface area contributed by atoms with Gasteiger partial charge in [-0.1, -0.05) is 0 Å². The third-order valence-corrected chi connectivity index (χ3v) is 3.98. The Morgan fingerprint density at radius 2 is 1.41 bits per heavy atom. The number of ketones is 1. The van der Waals surface area contributed by atoms with E-state index in [1.165, 1.54) is 31.3 Å². The number of amides is 2. The van der Waals surface area contributed by atoms with E-state index < -0.39 is 23.4 Å². The molecule has 0 aliphatic rings. The first-order valence-corrected chi connectivity index (χ1v) is 8.48. The SMILES string of the molecule is CC(=O)c1ccc(NC(=O)c2ccnc(C(=O)Nc3ccc(F)c(F)c3)c2)cc1. The summed E-state index contributed by atoms with van der Waals surface area (Å²) in [5, 5.41) is 5.04. The van der Waals surface area contributed by atoms with Gasteiger partial charge in [0, 0.05) is 34.8 Å². The van der Waals surface area contributed by atoms with E-state index in [2.05, 4.69) is 15.6 Å². The van der Waals surface area contributed by atoms with Crippen LogP contribution in [0.5, 0.6) is 0 Å². The topological polar surface area (TPSA) is 88.2 Å². The van der Waals surface area contributed by atoms with Crippen LogP contribution in [0.25, 0.3) is 0 Å². The molecule has 0 atom stereocenters. The lowest BCUT2D eigenvalue weighted by molar-refractivity contribution is 0.100. The molecule has 6 nitrogen and oxygen atoms in total. The number of anilines is 2. The first-order valence-electron chi connectivity index (χ1n) is 8.48. The van der Waals surface area contributed by atoms with Crippen LogP contribution >= 0.6 is 0 Å².